The summed E-state index contributed by atoms with van der Waals surface area (Å²) in [6.45, 7) is 2.59. The topological polar surface area (TPSA) is 32.3 Å². The largest absolute Gasteiger partial charge is 0.352 e. The van der Waals surface area contributed by atoms with Crippen LogP contribution < -0.4 is 5.32 Å². The van der Waals surface area contributed by atoms with E-state index in [0.717, 1.165) is 28.6 Å². The van der Waals surface area contributed by atoms with Crippen LogP contribution in [0.1, 0.15) is 22.3 Å². The molecule has 0 aromatic heterocycles. The van der Waals surface area contributed by atoms with Crippen molar-refractivity contribution in [1.29, 1.82) is 0 Å². The van der Waals surface area contributed by atoms with Gasteiger partial charge in [-0.2, -0.15) is 0 Å². The third kappa shape index (κ3) is 5.42. The van der Waals surface area contributed by atoms with Gasteiger partial charge >= 0.3 is 0 Å². The molecule has 0 unspecified atom stereocenters. The predicted molar refractivity (Wildman–Crippen MR) is 98.9 cm³/mol. The summed E-state index contributed by atoms with van der Waals surface area (Å²) >= 11 is 2.19. The fourth-order valence-electron chi connectivity index (χ4n) is 2.27. The van der Waals surface area contributed by atoms with Crippen LogP contribution in [0.25, 0.3) is 0 Å². The zero-order valence-corrected chi connectivity index (χ0v) is 14.9. The second kappa shape index (κ2) is 8.90. The van der Waals surface area contributed by atoms with Gasteiger partial charge in [-0.05, 0) is 60.3 Å². The Hall–Kier alpha value is -1.40. The van der Waals surface area contributed by atoms with Crippen LogP contribution in [0.4, 0.5) is 0 Å². The number of carbonyl (C=O) groups is 1. The number of nitrogens with zero attached hydrogens (tertiary/aromatic N) is 1. The van der Waals surface area contributed by atoms with Gasteiger partial charge in [-0.1, -0.05) is 42.5 Å². The minimum absolute atomic E-state index is 0.00992. The van der Waals surface area contributed by atoms with E-state index in [0.29, 0.717) is 6.54 Å². The lowest BCUT2D eigenvalue weighted by Crippen LogP contribution is -2.28. The monoisotopic (exact) mass is 408 g/mol. The van der Waals surface area contributed by atoms with Crippen LogP contribution in [0.5, 0.6) is 0 Å². The summed E-state index contributed by atoms with van der Waals surface area (Å²) in [5.41, 5.74) is 2.06. The molecule has 0 saturated carbocycles. The molecular formula is C18H21IN2O. The Morgan fingerprint density at radius 3 is 2.50 bits per heavy atom. The van der Waals surface area contributed by atoms with E-state index < -0.39 is 0 Å². The molecule has 0 atom stereocenters. The van der Waals surface area contributed by atoms with Crippen molar-refractivity contribution in [2.24, 2.45) is 0 Å². The average molecular weight is 408 g/mol. The molecular weight excluding hydrogens is 387 g/mol. The summed E-state index contributed by atoms with van der Waals surface area (Å²) < 4.78 is 0.985. The van der Waals surface area contributed by atoms with E-state index in [1.54, 1.807) is 0 Å². The first-order valence-corrected chi connectivity index (χ1v) is 8.50. The Morgan fingerprint density at radius 1 is 1.09 bits per heavy atom. The molecule has 0 fully saturated rings. The minimum atomic E-state index is 0.00992. The molecule has 0 spiro atoms. The lowest BCUT2D eigenvalue weighted by atomic mass is 10.2. The van der Waals surface area contributed by atoms with Crippen molar-refractivity contribution in [3.63, 3.8) is 0 Å². The van der Waals surface area contributed by atoms with Crippen molar-refractivity contribution < 1.29 is 4.79 Å². The van der Waals surface area contributed by atoms with Gasteiger partial charge in [-0.15, -0.1) is 0 Å². The molecule has 22 heavy (non-hydrogen) atoms. The molecule has 0 bridgehead atoms. The Bertz CT molecular complexity index is 601. The Morgan fingerprint density at radius 2 is 1.77 bits per heavy atom. The van der Waals surface area contributed by atoms with Gasteiger partial charge in [0, 0.05) is 16.7 Å². The van der Waals surface area contributed by atoms with Gasteiger partial charge in [0.25, 0.3) is 5.91 Å². The molecule has 3 nitrogen and oxygen atoms in total. The summed E-state index contributed by atoms with van der Waals surface area (Å²) in [5.74, 6) is 0.00992. The zero-order valence-electron chi connectivity index (χ0n) is 12.8. The first kappa shape index (κ1) is 17.0. The van der Waals surface area contributed by atoms with E-state index in [2.05, 4.69) is 64.1 Å². The number of halogens is 1. The van der Waals surface area contributed by atoms with Gasteiger partial charge in [0.15, 0.2) is 0 Å². The van der Waals surface area contributed by atoms with Crippen molar-refractivity contribution in [1.82, 2.24) is 10.2 Å². The van der Waals surface area contributed by atoms with Crippen LogP contribution in [-0.4, -0.2) is 30.9 Å². The van der Waals surface area contributed by atoms with E-state index in [-0.39, 0.29) is 5.91 Å². The number of amides is 1. The molecule has 0 aliphatic carbocycles. The second-order valence-electron chi connectivity index (χ2n) is 5.31. The third-order valence-electron chi connectivity index (χ3n) is 3.42. The van der Waals surface area contributed by atoms with Gasteiger partial charge < -0.3 is 10.2 Å². The molecule has 1 N–H and O–H groups in total. The highest BCUT2D eigenvalue weighted by molar-refractivity contribution is 14.1. The van der Waals surface area contributed by atoms with Gasteiger partial charge in [0.2, 0.25) is 0 Å². The first-order valence-electron chi connectivity index (χ1n) is 7.42. The average Bonchev–Trinajstić information content (AvgIpc) is 2.53. The molecule has 0 radical (unpaired) electrons. The molecule has 2 rings (SSSR count). The molecule has 4 heteroatoms. The van der Waals surface area contributed by atoms with Gasteiger partial charge in [-0.3, -0.25) is 4.79 Å². The Balaban J connectivity index is 1.69. The van der Waals surface area contributed by atoms with Gasteiger partial charge in [0.05, 0.1) is 5.56 Å². The summed E-state index contributed by atoms with van der Waals surface area (Å²) in [7, 11) is 2.11. The normalized spacial score (nSPS) is 10.7. The third-order valence-corrected chi connectivity index (χ3v) is 4.36. The smallest absolute Gasteiger partial charge is 0.252 e. The van der Waals surface area contributed by atoms with Crippen LogP contribution in [0.2, 0.25) is 0 Å². The van der Waals surface area contributed by atoms with E-state index in [4.69, 9.17) is 0 Å². The molecule has 0 heterocycles. The SMILES string of the molecule is CN(CCCNC(=O)c1ccccc1I)Cc1ccccc1. The molecule has 0 aliphatic rings. The second-order valence-corrected chi connectivity index (χ2v) is 6.47. The lowest BCUT2D eigenvalue weighted by Gasteiger charge is -2.16. The number of nitrogens with one attached hydrogen (secondary N) is 1. The summed E-state index contributed by atoms with van der Waals surface area (Å²) in [5, 5.41) is 2.99. The van der Waals surface area contributed by atoms with Crippen LogP contribution >= 0.6 is 22.6 Å². The first-order chi connectivity index (χ1) is 10.7. The van der Waals surface area contributed by atoms with Crippen molar-refractivity contribution in [2.45, 2.75) is 13.0 Å². The van der Waals surface area contributed by atoms with E-state index >= 15 is 0 Å². The maximum Gasteiger partial charge on any atom is 0.252 e. The number of benzene rings is 2. The highest BCUT2D eigenvalue weighted by Crippen LogP contribution is 2.11. The number of carbonyl (C=O) groups excluding carboxylic acids is 1. The maximum absolute atomic E-state index is 12.1. The Labute approximate surface area is 145 Å². The van der Waals surface area contributed by atoms with E-state index in [1.165, 1.54) is 5.56 Å². The van der Waals surface area contributed by atoms with E-state index in [9.17, 15) is 4.79 Å². The van der Waals surface area contributed by atoms with Crippen molar-refractivity contribution >= 4 is 28.5 Å². The zero-order chi connectivity index (χ0) is 15.8. The van der Waals surface area contributed by atoms with Crippen molar-refractivity contribution in [3.05, 3.63) is 69.3 Å². The molecule has 1 amide bonds. The van der Waals surface area contributed by atoms with Crippen LogP contribution in [0.15, 0.2) is 54.6 Å². The minimum Gasteiger partial charge on any atom is -0.352 e. The van der Waals surface area contributed by atoms with Crippen LogP contribution in [0.3, 0.4) is 0 Å². The lowest BCUT2D eigenvalue weighted by molar-refractivity contribution is 0.0951. The summed E-state index contributed by atoms with van der Waals surface area (Å²) in [6, 6.07) is 18.1. The molecule has 2 aromatic rings. The van der Waals surface area contributed by atoms with Crippen LogP contribution in [-0.2, 0) is 6.54 Å². The van der Waals surface area contributed by atoms with Gasteiger partial charge in [-0.25, -0.2) is 0 Å². The standard InChI is InChI=1S/C18H21IN2O/c1-21(14-15-8-3-2-4-9-15)13-7-12-20-18(22)16-10-5-6-11-17(16)19/h2-6,8-11H,7,12-14H2,1H3,(H,20,22). The van der Waals surface area contributed by atoms with Crippen molar-refractivity contribution in [3.8, 4) is 0 Å². The molecule has 0 aliphatic heterocycles. The highest BCUT2D eigenvalue weighted by atomic mass is 127. The Kier molecular flexibility index (Phi) is 6.86. The maximum atomic E-state index is 12.1. The highest BCUT2D eigenvalue weighted by Gasteiger charge is 2.08. The summed E-state index contributed by atoms with van der Waals surface area (Å²) in [6.07, 6.45) is 0.943. The van der Waals surface area contributed by atoms with Crippen LogP contribution in [0, 0.1) is 3.57 Å². The molecule has 2 aromatic carbocycles. The predicted octanol–water partition coefficient (Wildman–Crippen LogP) is 3.54. The summed E-state index contributed by atoms with van der Waals surface area (Å²) in [4.78, 5) is 14.3. The van der Waals surface area contributed by atoms with Gasteiger partial charge in [0.1, 0.15) is 0 Å². The molecule has 0 saturated heterocycles. The molecule has 116 valence electrons. The fraction of sp³-hybridized carbons (Fsp3) is 0.278. The number of rotatable bonds is 7. The number of hydrogen-bond donors (Lipinski definition) is 1. The van der Waals surface area contributed by atoms with Crippen molar-refractivity contribution in [2.75, 3.05) is 20.1 Å². The fourth-order valence-corrected chi connectivity index (χ4v) is 2.90. The number of hydrogen-bond acceptors (Lipinski definition) is 2. The van der Waals surface area contributed by atoms with E-state index in [1.807, 2.05) is 30.3 Å². The quantitative estimate of drug-likeness (QED) is 0.562.